The number of nitrogens with zero attached hydrogens (tertiary/aromatic N) is 3. The van der Waals surface area contributed by atoms with Gasteiger partial charge in [0, 0.05) is 25.3 Å². The Morgan fingerprint density at radius 2 is 2.22 bits per heavy atom. The Hall–Kier alpha value is -1.36. The Balaban J connectivity index is 1.81. The quantitative estimate of drug-likeness (QED) is 0.861. The van der Waals surface area contributed by atoms with Crippen molar-refractivity contribution in [2.45, 2.75) is 45.7 Å². The molecule has 1 atom stereocenters. The van der Waals surface area contributed by atoms with Gasteiger partial charge in [-0.05, 0) is 39.2 Å². The van der Waals surface area contributed by atoms with Crippen LogP contribution in [0.15, 0.2) is 6.07 Å². The maximum Gasteiger partial charge on any atom is 0.239 e. The number of aromatic nitrogens is 2. The molecule has 1 aliphatic heterocycles. The molecule has 2 N–H and O–H groups in total. The number of rotatable bonds is 4. The van der Waals surface area contributed by atoms with Crippen molar-refractivity contribution in [2.75, 3.05) is 13.1 Å². The van der Waals surface area contributed by atoms with Crippen molar-refractivity contribution in [1.29, 1.82) is 0 Å². The van der Waals surface area contributed by atoms with Crippen LogP contribution in [0.4, 0.5) is 0 Å². The lowest BCUT2D eigenvalue weighted by Gasteiger charge is -2.30. The van der Waals surface area contributed by atoms with Crippen molar-refractivity contribution in [3.63, 3.8) is 0 Å². The van der Waals surface area contributed by atoms with E-state index in [0.717, 1.165) is 44.6 Å². The van der Waals surface area contributed by atoms with E-state index in [0.29, 0.717) is 0 Å². The zero-order chi connectivity index (χ0) is 13.1. The van der Waals surface area contributed by atoms with E-state index >= 15 is 0 Å². The molecule has 1 aliphatic rings. The second-order valence-corrected chi connectivity index (χ2v) is 5.08. The van der Waals surface area contributed by atoms with Crippen LogP contribution in [-0.2, 0) is 11.3 Å². The molecule has 0 bridgehead atoms. The van der Waals surface area contributed by atoms with E-state index in [1.54, 1.807) is 0 Å². The second-order valence-electron chi connectivity index (χ2n) is 5.08. The fraction of sp³-hybridized carbons (Fsp3) is 0.692. The Kier molecular flexibility index (Phi) is 4.01. The molecule has 0 spiro atoms. The normalized spacial score (nSPS) is 20.5. The van der Waals surface area contributed by atoms with E-state index in [1.165, 1.54) is 5.69 Å². The third kappa shape index (κ3) is 2.90. The molecule has 5 nitrogen and oxygen atoms in total. The molecule has 0 radical (unpaired) electrons. The molecule has 1 amide bonds. The number of piperidine rings is 1. The number of carbonyl (C=O) groups is 1. The minimum absolute atomic E-state index is 0.106. The van der Waals surface area contributed by atoms with Crippen LogP contribution in [0.25, 0.3) is 0 Å². The van der Waals surface area contributed by atoms with E-state index < -0.39 is 0 Å². The number of aryl methyl sites for hydroxylation is 3. The van der Waals surface area contributed by atoms with Gasteiger partial charge in [-0.15, -0.1) is 0 Å². The van der Waals surface area contributed by atoms with Gasteiger partial charge in [0.15, 0.2) is 0 Å². The molecule has 1 unspecified atom stereocenters. The van der Waals surface area contributed by atoms with Crippen LogP contribution in [-0.4, -0.2) is 39.7 Å². The molecular weight excluding hydrogens is 228 g/mol. The van der Waals surface area contributed by atoms with Gasteiger partial charge in [0.25, 0.3) is 0 Å². The molecule has 18 heavy (non-hydrogen) atoms. The minimum Gasteiger partial charge on any atom is -0.341 e. The third-order valence-electron chi connectivity index (χ3n) is 3.47. The summed E-state index contributed by atoms with van der Waals surface area (Å²) < 4.78 is 2.00. The summed E-state index contributed by atoms with van der Waals surface area (Å²) in [7, 11) is 0. The summed E-state index contributed by atoms with van der Waals surface area (Å²) in [4.78, 5) is 13.7. The Bertz CT molecular complexity index is 427. The SMILES string of the molecule is Cc1cc(C)n(CCCN2CCCC(N)C2=O)n1. The highest BCUT2D eigenvalue weighted by Gasteiger charge is 2.24. The first-order valence-corrected chi connectivity index (χ1v) is 6.63. The molecule has 1 aromatic heterocycles. The van der Waals surface area contributed by atoms with Crippen LogP contribution >= 0.6 is 0 Å². The summed E-state index contributed by atoms with van der Waals surface area (Å²) in [6, 6.07) is 1.79. The van der Waals surface area contributed by atoms with Crippen molar-refractivity contribution >= 4 is 5.91 Å². The summed E-state index contributed by atoms with van der Waals surface area (Å²) in [6.07, 6.45) is 2.78. The number of hydrogen-bond acceptors (Lipinski definition) is 3. The molecule has 1 aromatic rings. The molecule has 100 valence electrons. The first kappa shape index (κ1) is 13.1. The first-order valence-electron chi connectivity index (χ1n) is 6.63. The van der Waals surface area contributed by atoms with Crippen molar-refractivity contribution in [3.05, 3.63) is 17.5 Å². The molecule has 1 saturated heterocycles. The topological polar surface area (TPSA) is 64.2 Å². The van der Waals surface area contributed by atoms with Gasteiger partial charge in [0.1, 0.15) is 0 Å². The Morgan fingerprint density at radius 1 is 1.44 bits per heavy atom. The number of hydrogen-bond donors (Lipinski definition) is 1. The smallest absolute Gasteiger partial charge is 0.239 e. The lowest BCUT2D eigenvalue weighted by Crippen LogP contribution is -2.48. The second kappa shape index (κ2) is 5.52. The number of amides is 1. The number of carbonyl (C=O) groups excluding carboxylic acids is 1. The van der Waals surface area contributed by atoms with E-state index in [4.69, 9.17) is 5.73 Å². The number of nitrogens with two attached hydrogens (primary N) is 1. The predicted octanol–water partition coefficient (Wildman–Crippen LogP) is 0.840. The zero-order valence-corrected chi connectivity index (χ0v) is 11.2. The van der Waals surface area contributed by atoms with Gasteiger partial charge >= 0.3 is 0 Å². The summed E-state index contributed by atoms with van der Waals surface area (Å²) in [5.41, 5.74) is 7.99. The molecule has 5 heteroatoms. The zero-order valence-electron chi connectivity index (χ0n) is 11.2. The van der Waals surface area contributed by atoms with Gasteiger partial charge in [0.2, 0.25) is 5.91 Å². The lowest BCUT2D eigenvalue weighted by atomic mass is 10.1. The van der Waals surface area contributed by atoms with Crippen molar-refractivity contribution in [1.82, 2.24) is 14.7 Å². The molecule has 2 heterocycles. The fourth-order valence-electron chi connectivity index (χ4n) is 2.50. The van der Waals surface area contributed by atoms with Crippen LogP contribution in [0.5, 0.6) is 0 Å². The molecule has 0 aliphatic carbocycles. The lowest BCUT2D eigenvalue weighted by molar-refractivity contribution is -0.135. The predicted molar refractivity (Wildman–Crippen MR) is 70.1 cm³/mol. The van der Waals surface area contributed by atoms with E-state index in [-0.39, 0.29) is 11.9 Å². The summed E-state index contributed by atoms with van der Waals surface area (Å²) in [5.74, 6) is 0.106. The highest BCUT2D eigenvalue weighted by atomic mass is 16.2. The monoisotopic (exact) mass is 250 g/mol. The molecule has 0 aromatic carbocycles. The van der Waals surface area contributed by atoms with Crippen LogP contribution in [0.2, 0.25) is 0 Å². The van der Waals surface area contributed by atoms with Crippen LogP contribution < -0.4 is 5.73 Å². The van der Waals surface area contributed by atoms with Gasteiger partial charge in [-0.3, -0.25) is 9.48 Å². The van der Waals surface area contributed by atoms with Gasteiger partial charge in [-0.2, -0.15) is 5.10 Å². The fourth-order valence-corrected chi connectivity index (χ4v) is 2.50. The molecule has 1 fully saturated rings. The maximum absolute atomic E-state index is 11.8. The van der Waals surface area contributed by atoms with E-state index in [9.17, 15) is 4.79 Å². The standard InChI is InChI=1S/C13H22N4O/c1-10-9-11(2)17(15-10)8-4-7-16-6-3-5-12(14)13(16)18/h9,12H,3-8,14H2,1-2H3. The maximum atomic E-state index is 11.8. The highest BCUT2D eigenvalue weighted by Crippen LogP contribution is 2.11. The van der Waals surface area contributed by atoms with Gasteiger partial charge in [0.05, 0.1) is 11.7 Å². The Morgan fingerprint density at radius 3 is 2.89 bits per heavy atom. The molecular formula is C13H22N4O. The summed E-state index contributed by atoms with van der Waals surface area (Å²) in [6.45, 7) is 6.55. The summed E-state index contributed by atoms with van der Waals surface area (Å²) in [5, 5.41) is 4.42. The third-order valence-corrected chi connectivity index (χ3v) is 3.47. The van der Waals surface area contributed by atoms with Crippen molar-refractivity contribution in [2.24, 2.45) is 5.73 Å². The molecule has 2 rings (SSSR count). The Labute approximate surface area is 108 Å². The van der Waals surface area contributed by atoms with Crippen LogP contribution in [0.1, 0.15) is 30.7 Å². The van der Waals surface area contributed by atoms with Crippen LogP contribution in [0.3, 0.4) is 0 Å². The average molecular weight is 250 g/mol. The minimum atomic E-state index is -0.285. The van der Waals surface area contributed by atoms with E-state index in [2.05, 4.69) is 18.1 Å². The summed E-state index contributed by atoms with van der Waals surface area (Å²) >= 11 is 0. The first-order chi connectivity index (χ1) is 8.58. The van der Waals surface area contributed by atoms with Gasteiger partial charge in [-0.1, -0.05) is 0 Å². The van der Waals surface area contributed by atoms with Crippen molar-refractivity contribution < 1.29 is 4.79 Å². The highest BCUT2D eigenvalue weighted by molar-refractivity contribution is 5.82. The average Bonchev–Trinajstić information content (AvgIpc) is 2.63. The largest absolute Gasteiger partial charge is 0.341 e. The van der Waals surface area contributed by atoms with Gasteiger partial charge < -0.3 is 10.6 Å². The van der Waals surface area contributed by atoms with Gasteiger partial charge in [-0.25, -0.2) is 0 Å². The van der Waals surface area contributed by atoms with Crippen LogP contribution in [0, 0.1) is 13.8 Å². The van der Waals surface area contributed by atoms with E-state index in [1.807, 2.05) is 16.5 Å². The number of likely N-dealkylation sites (tertiary alicyclic amines) is 1. The van der Waals surface area contributed by atoms with Crippen molar-refractivity contribution in [3.8, 4) is 0 Å². The molecule has 0 saturated carbocycles.